The average Bonchev–Trinajstić information content (AvgIpc) is 3.24. The van der Waals surface area contributed by atoms with E-state index in [1.54, 1.807) is 7.05 Å². The van der Waals surface area contributed by atoms with E-state index in [0.29, 0.717) is 24.5 Å². The Hall–Kier alpha value is -1.97. The molecule has 0 aromatic heterocycles. The van der Waals surface area contributed by atoms with Crippen molar-refractivity contribution in [3.63, 3.8) is 0 Å². The van der Waals surface area contributed by atoms with Gasteiger partial charge < -0.3 is 0 Å². The van der Waals surface area contributed by atoms with Gasteiger partial charge in [0.25, 0.3) is 10.2 Å². The molecule has 7 nitrogen and oxygen atoms in total. The molecule has 2 atom stereocenters. The zero-order chi connectivity index (χ0) is 21.8. The maximum absolute atomic E-state index is 12.9. The molecule has 9 heteroatoms. The van der Waals surface area contributed by atoms with Crippen LogP contribution in [0.25, 0.3) is 0 Å². The van der Waals surface area contributed by atoms with E-state index in [1.165, 1.54) is 4.31 Å². The molecule has 2 aromatic rings. The fraction of sp³-hybridized carbons (Fsp3) is 0.409. The molecule has 1 saturated heterocycles. The van der Waals surface area contributed by atoms with Gasteiger partial charge in [0, 0.05) is 24.5 Å². The van der Waals surface area contributed by atoms with Crippen LogP contribution in [-0.4, -0.2) is 44.7 Å². The molecule has 0 saturated carbocycles. The van der Waals surface area contributed by atoms with E-state index >= 15 is 0 Å². The normalized spacial score (nSPS) is 21.2. The second-order valence-electron chi connectivity index (χ2n) is 7.85. The van der Waals surface area contributed by atoms with Gasteiger partial charge in [-0.25, -0.2) is 0 Å². The van der Waals surface area contributed by atoms with E-state index in [9.17, 15) is 8.42 Å². The third-order valence-corrected chi connectivity index (χ3v) is 7.58. The number of halogens is 1. The van der Waals surface area contributed by atoms with Crippen LogP contribution in [0.5, 0.6) is 0 Å². The Morgan fingerprint density at radius 1 is 1.03 bits per heavy atom. The smallest absolute Gasteiger partial charge is 0.281 e. The second-order valence-corrected chi connectivity index (χ2v) is 9.99. The summed E-state index contributed by atoms with van der Waals surface area (Å²) in [5.74, 6) is 0. The summed E-state index contributed by atoms with van der Waals surface area (Å²) in [6.45, 7) is 1.11. The van der Waals surface area contributed by atoms with E-state index in [2.05, 4.69) is 22.2 Å². The highest BCUT2D eigenvalue weighted by atomic mass is 35.5. The minimum Gasteiger partial charge on any atom is -0.299 e. The van der Waals surface area contributed by atoms with E-state index in [0.717, 1.165) is 36.2 Å². The first-order chi connectivity index (χ1) is 15.0. The lowest BCUT2D eigenvalue weighted by Gasteiger charge is -2.28. The highest BCUT2D eigenvalue weighted by molar-refractivity contribution is 7.87. The first-order valence-corrected chi connectivity index (χ1v) is 12.4. The summed E-state index contributed by atoms with van der Waals surface area (Å²) in [4.78, 5) is 0. The largest absolute Gasteiger partial charge is 0.299 e. The number of benzene rings is 2. The minimum atomic E-state index is -3.60. The number of hydrogen-bond acceptors (Lipinski definition) is 5. The van der Waals surface area contributed by atoms with Crippen molar-refractivity contribution in [1.82, 2.24) is 14.3 Å². The van der Waals surface area contributed by atoms with Crippen molar-refractivity contribution in [2.24, 2.45) is 5.10 Å². The third-order valence-electron chi connectivity index (χ3n) is 5.75. The van der Waals surface area contributed by atoms with Crippen LogP contribution in [0.15, 0.2) is 59.7 Å². The van der Waals surface area contributed by atoms with Crippen LogP contribution in [0.3, 0.4) is 0 Å². The molecule has 2 aliphatic heterocycles. The van der Waals surface area contributed by atoms with Gasteiger partial charge >= 0.3 is 0 Å². The predicted molar refractivity (Wildman–Crippen MR) is 125 cm³/mol. The molecule has 0 spiro atoms. The molecular formula is C22H28ClN5O2S. The Bertz CT molecular complexity index is 1010. The Morgan fingerprint density at radius 2 is 1.71 bits per heavy atom. The second kappa shape index (κ2) is 9.67. The molecule has 2 unspecified atom stereocenters. The molecule has 0 amide bonds. The molecule has 4 rings (SSSR count). The summed E-state index contributed by atoms with van der Waals surface area (Å²) >= 11 is 6.07. The molecule has 1 fully saturated rings. The molecule has 2 aliphatic rings. The SMILES string of the molecule is CNC(NS(=O)(=O)N1CCCCC1)C1=NN(c2ccc(Cl)cc2)C(c2ccccc2)C1. The third kappa shape index (κ3) is 5.10. The van der Waals surface area contributed by atoms with E-state index in [1.807, 2.05) is 47.5 Å². The molecule has 166 valence electrons. The number of nitrogens with zero attached hydrogens (tertiary/aromatic N) is 3. The van der Waals surface area contributed by atoms with Crippen LogP contribution in [0.1, 0.15) is 37.3 Å². The van der Waals surface area contributed by atoms with E-state index < -0.39 is 16.4 Å². The number of rotatable bonds is 7. The van der Waals surface area contributed by atoms with Gasteiger partial charge in [-0.15, -0.1) is 0 Å². The fourth-order valence-electron chi connectivity index (χ4n) is 4.10. The van der Waals surface area contributed by atoms with Gasteiger partial charge in [0.1, 0.15) is 6.17 Å². The summed E-state index contributed by atoms with van der Waals surface area (Å²) < 4.78 is 30.2. The van der Waals surface area contributed by atoms with Gasteiger partial charge in [-0.3, -0.25) is 10.3 Å². The van der Waals surface area contributed by atoms with E-state index in [4.69, 9.17) is 16.7 Å². The van der Waals surface area contributed by atoms with Crippen molar-refractivity contribution < 1.29 is 8.42 Å². The van der Waals surface area contributed by atoms with Crippen molar-refractivity contribution in [2.45, 2.75) is 37.9 Å². The van der Waals surface area contributed by atoms with Crippen molar-refractivity contribution in [3.05, 3.63) is 65.2 Å². The molecule has 2 N–H and O–H groups in total. The van der Waals surface area contributed by atoms with E-state index in [-0.39, 0.29) is 6.04 Å². The Morgan fingerprint density at radius 3 is 2.35 bits per heavy atom. The van der Waals surface area contributed by atoms with Gasteiger partial charge in [0.2, 0.25) is 0 Å². The molecule has 0 bridgehead atoms. The first-order valence-electron chi connectivity index (χ1n) is 10.6. The average molecular weight is 462 g/mol. The van der Waals surface area contributed by atoms with Crippen molar-refractivity contribution in [3.8, 4) is 0 Å². The fourth-order valence-corrected chi connectivity index (χ4v) is 5.66. The maximum atomic E-state index is 12.9. The molecule has 31 heavy (non-hydrogen) atoms. The van der Waals surface area contributed by atoms with Crippen molar-refractivity contribution in [1.29, 1.82) is 0 Å². The van der Waals surface area contributed by atoms with Crippen LogP contribution in [-0.2, 0) is 10.2 Å². The number of piperidine rings is 1. The molecule has 0 radical (unpaired) electrons. The predicted octanol–water partition coefficient (Wildman–Crippen LogP) is 3.51. The number of nitrogens with one attached hydrogen (secondary N) is 2. The maximum Gasteiger partial charge on any atom is 0.281 e. The molecule has 2 aromatic carbocycles. The van der Waals surface area contributed by atoms with Gasteiger partial charge in [-0.1, -0.05) is 48.4 Å². The quantitative estimate of drug-likeness (QED) is 0.618. The zero-order valence-electron chi connectivity index (χ0n) is 17.5. The summed E-state index contributed by atoms with van der Waals surface area (Å²) in [6, 6.07) is 17.6. The van der Waals surface area contributed by atoms with Crippen molar-refractivity contribution >= 4 is 33.2 Å². The lowest BCUT2D eigenvalue weighted by molar-refractivity contribution is 0.339. The Labute approximate surface area is 189 Å². The highest BCUT2D eigenvalue weighted by Crippen LogP contribution is 2.36. The first kappa shape index (κ1) is 22.2. The van der Waals surface area contributed by atoms with Gasteiger partial charge in [0.05, 0.1) is 17.4 Å². The van der Waals surface area contributed by atoms with Crippen LogP contribution in [0.2, 0.25) is 5.02 Å². The van der Waals surface area contributed by atoms with Crippen LogP contribution in [0.4, 0.5) is 5.69 Å². The summed E-state index contributed by atoms with van der Waals surface area (Å²) in [6.07, 6.45) is 2.87. The Kier molecular flexibility index (Phi) is 6.93. The standard InChI is InChI=1S/C22H28ClN5O2S/c1-24-22(26-31(29,30)27-14-6-3-7-15-27)20-16-21(17-8-4-2-5-9-17)28(25-20)19-12-10-18(23)11-13-19/h2,4-5,8-13,21-22,24,26H,3,6-7,14-16H2,1H3. The topological polar surface area (TPSA) is 77.0 Å². The van der Waals surface area contributed by atoms with Gasteiger partial charge in [-0.2, -0.15) is 22.5 Å². The monoisotopic (exact) mass is 461 g/mol. The number of hydrazone groups is 1. The lowest BCUT2D eigenvalue weighted by atomic mass is 10.0. The summed E-state index contributed by atoms with van der Waals surface area (Å²) in [5, 5.41) is 10.5. The minimum absolute atomic E-state index is 0.0345. The number of anilines is 1. The highest BCUT2D eigenvalue weighted by Gasteiger charge is 2.35. The molecule has 2 heterocycles. The lowest BCUT2D eigenvalue weighted by Crippen LogP contribution is -2.54. The molecule has 0 aliphatic carbocycles. The van der Waals surface area contributed by atoms with Gasteiger partial charge in [-0.05, 0) is 49.7 Å². The summed E-state index contributed by atoms with van der Waals surface area (Å²) in [7, 11) is -1.85. The van der Waals surface area contributed by atoms with Crippen LogP contribution in [0, 0.1) is 0 Å². The Balaban J connectivity index is 1.61. The van der Waals surface area contributed by atoms with Crippen molar-refractivity contribution in [2.75, 3.05) is 25.1 Å². The number of hydrogen-bond donors (Lipinski definition) is 2. The van der Waals surface area contributed by atoms with Gasteiger partial charge in [0.15, 0.2) is 0 Å². The zero-order valence-corrected chi connectivity index (χ0v) is 19.1. The van der Waals surface area contributed by atoms with Crippen LogP contribution < -0.4 is 15.0 Å². The molecular weight excluding hydrogens is 434 g/mol. The summed E-state index contributed by atoms with van der Waals surface area (Å²) in [5.41, 5.74) is 2.76. The van der Waals surface area contributed by atoms with Crippen LogP contribution >= 0.6 is 11.6 Å².